The van der Waals surface area contributed by atoms with Gasteiger partial charge in [0.2, 0.25) is 9.84 Å². The van der Waals surface area contributed by atoms with Crippen molar-refractivity contribution in [1.29, 1.82) is 0 Å². The number of alkyl halides is 2. The van der Waals surface area contributed by atoms with E-state index < -0.39 is 26.4 Å². The lowest BCUT2D eigenvalue weighted by Crippen LogP contribution is -2.15. The van der Waals surface area contributed by atoms with Crippen molar-refractivity contribution in [3.8, 4) is 0 Å². The summed E-state index contributed by atoms with van der Waals surface area (Å²) in [5.74, 6) is -4.18. The van der Waals surface area contributed by atoms with E-state index in [1.807, 2.05) is 0 Å². The molecule has 0 bridgehead atoms. The van der Waals surface area contributed by atoms with E-state index in [-0.39, 0.29) is 11.4 Å². The molecule has 0 atom stereocenters. The van der Waals surface area contributed by atoms with E-state index in [1.54, 1.807) is 0 Å². The predicted octanol–water partition coefficient (Wildman–Crippen LogP) is 2.98. The summed E-state index contributed by atoms with van der Waals surface area (Å²) in [5.41, 5.74) is 0.0584. The second-order valence-electron chi connectivity index (χ2n) is 4.15. The van der Waals surface area contributed by atoms with Crippen molar-refractivity contribution in [2.45, 2.75) is 10.7 Å². The van der Waals surface area contributed by atoms with Gasteiger partial charge in [0.25, 0.3) is 5.91 Å². The molecule has 1 N–H and O–H groups in total. The van der Waals surface area contributed by atoms with Crippen LogP contribution in [0.1, 0.15) is 10.5 Å². The standard InChI is InChI=1S/C13H9ClF2N2O3S/c14-8-4-5-17-11(6-8)12(19)18-9-2-1-3-10(7-9)22(20,21)13(15)16/h1-7,13H,(H,18,19). The Labute approximate surface area is 129 Å². The van der Waals surface area contributed by atoms with E-state index in [4.69, 9.17) is 11.6 Å². The van der Waals surface area contributed by atoms with Crippen LogP contribution in [0.2, 0.25) is 5.02 Å². The van der Waals surface area contributed by atoms with Gasteiger partial charge in [-0.15, -0.1) is 0 Å². The molecule has 1 heterocycles. The fraction of sp³-hybridized carbons (Fsp3) is 0.0769. The van der Waals surface area contributed by atoms with Crippen molar-refractivity contribution in [2.24, 2.45) is 0 Å². The summed E-state index contributed by atoms with van der Waals surface area (Å²) in [4.78, 5) is 15.1. The molecule has 0 aliphatic carbocycles. The maximum Gasteiger partial charge on any atom is 0.341 e. The van der Waals surface area contributed by atoms with Gasteiger partial charge in [-0.05, 0) is 30.3 Å². The molecular weight excluding hydrogens is 338 g/mol. The van der Waals surface area contributed by atoms with Crippen LogP contribution < -0.4 is 5.32 Å². The largest absolute Gasteiger partial charge is 0.341 e. The maximum atomic E-state index is 12.5. The maximum absolute atomic E-state index is 12.5. The summed E-state index contributed by atoms with van der Waals surface area (Å²) < 4.78 is 47.8. The van der Waals surface area contributed by atoms with Crippen molar-refractivity contribution in [3.05, 3.63) is 53.3 Å². The number of amides is 1. The summed E-state index contributed by atoms with van der Waals surface area (Å²) in [7, 11) is -4.73. The molecule has 0 saturated heterocycles. The number of pyridine rings is 1. The first kappa shape index (κ1) is 16.3. The quantitative estimate of drug-likeness (QED) is 0.923. The van der Waals surface area contributed by atoms with Gasteiger partial charge < -0.3 is 5.32 Å². The lowest BCUT2D eigenvalue weighted by atomic mass is 10.3. The molecule has 0 fully saturated rings. The molecule has 2 rings (SSSR count). The van der Waals surface area contributed by atoms with Crippen LogP contribution in [0.15, 0.2) is 47.5 Å². The van der Waals surface area contributed by atoms with E-state index in [9.17, 15) is 22.0 Å². The number of benzene rings is 1. The van der Waals surface area contributed by atoms with Crippen molar-refractivity contribution in [3.63, 3.8) is 0 Å². The first-order valence-electron chi connectivity index (χ1n) is 5.86. The topological polar surface area (TPSA) is 76.1 Å². The fourth-order valence-electron chi connectivity index (χ4n) is 1.58. The van der Waals surface area contributed by atoms with Gasteiger partial charge in [0.15, 0.2) is 0 Å². The first-order chi connectivity index (χ1) is 10.3. The number of nitrogens with zero attached hydrogens (tertiary/aromatic N) is 1. The summed E-state index contributed by atoms with van der Waals surface area (Å²) in [6.45, 7) is 0. The summed E-state index contributed by atoms with van der Waals surface area (Å²) in [6, 6.07) is 7.38. The molecule has 22 heavy (non-hydrogen) atoms. The average Bonchev–Trinajstić information content (AvgIpc) is 2.47. The van der Waals surface area contributed by atoms with Crippen LogP contribution in [0.5, 0.6) is 0 Å². The first-order valence-corrected chi connectivity index (χ1v) is 7.78. The number of carbonyl (C=O) groups excluding carboxylic acids is 1. The Morgan fingerprint density at radius 1 is 1.23 bits per heavy atom. The monoisotopic (exact) mass is 346 g/mol. The minimum Gasteiger partial charge on any atom is -0.321 e. The Bertz CT molecular complexity index is 812. The van der Waals surface area contributed by atoms with Crippen LogP contribution in [0.25, 0.3) is 0 Å². The number of aromatic nitrogens is 1. The Hall–Kier alpha value is -2.06. The normalized spacial score (nSPS) is 11.5. The van der Waals surface area contributed by atoms with Gasteiger partial charge in [-0.3, -0.25) is 9.78 Å². The third-order valence-corrected chi connectivity index (χ3v) is 4.22. The van der Waals surface area contributed by atoms with Crippen molar-refractivity contribution < 1.29 is 22.0 Å². The SMILES string of the molecule is O=C(Nc1cccc(S(=O)(=O)C(F)F)c1)c1cc(Cl)ccn1. The Kier molecular flexibility index (Phi) is 4.72. The van der Waals surface area contributed by atoms with E-state index in [0.717, 1.165) is 12.1 Å². The molecule has 5 nitrogen and oxygen atoms in total. The van der Waals surface area contributed by atoms with Gasteiger partial charge >= 0.3 is 5.76 Å². The number of anilines is 1. The second-order valence-corrected chi connectivity index (χ2v) is 6.50. The van der Waals surface area contributed by atoms with Crippen LogP contribution in [0.3, 0.4) is 0 Å². The molecule has 0 aliphatic heterocycles. The summed E-state index contributed by atoms with van der Waals surface area (Å²) in [6.07, 6.45) is 1.33. The van der Waals surface area contributed by atoms with Crippen LogP contribution in [0.4, 0.5) is 14.5 Å². The summed E-state index contributed by atoms with van der Waals surface area (Å²) >= 11 is 5.73. The molecule has 116 valence electrons. The highest BCUT2D eigenvalue weighted by molar-refractivity contribution is 7.91. The lowest BCUT2D eigenvalue weighted by Gasteiger charge is -2.07. The average molecular weight is 347 g/mol. The fourth-order valence-corrected chi connectivity index (χ4v) is 2.50. The highest BCUT2D eigenvalue weighted by atomic mass is 35.5. The number of halogens is 3. The molecule has 1 aromatic heterocycles. The third kappa shape index (κ3) is 3.58. The Morgan fingerprint density at radius 3 is 2.59 bits per heavy atom. The van der Waals surface area contributed by atoms with E-state index in [2.05, 4.69) is 10.3 Å². The third-order valence-electron chi connectivity index (χ3n) is 2.61. The highest BCUT2D eigenvalue weighted by Crippen LogP contribution is 2.21. The number of nitrogens with one attached hydrogen (secondary N) is 1. The molecular formula is C13H9ClF2N2O3S. The van der Waals surface area contributed by atoms with Gasteiger partial charge in [-0.25, -0.2) is 8.42 Å². The van der Waals surface area contributed by atoms with Crippen LogP contribution >= 0.6 is 11.6 Å². The zero-order valence-corrected chi connectivity index (χ0v) is 12.4. The van der Waals surface area contributed by atoms with Crippen molar-refractivity contribution in [1.82, 2.24) is 4.98 Å². The molecule has 0 spiro atoms. The van der Waals surface area contributed by atoms with Gasteiger partial charge in [-0.2, -0.15) is 8.78 Å². The van der Waals surface area contributed by atoms with Crippen molar-refractivity contribution in [2.75, 3.05) is 5.32 Å². The Balaban J connectivity index is 2.26. The van der Waals surface area contributed by atoms with E-state index >= 15 is 0 Å². The minimum absolute atomic E-state index is 0.00891. The van der Waals surface area contributed by atoms with Gasteiger partial charge in [0, 0.05) is 16.9 Å². The molecule has 0 saturated carbocycles. The smallest absolute Gasteiger partial charge is 0.321 e. The van der Waals surface area contributed by atoms with Crippen LogP contribution in [-0.4, -0.2) is 25.1 Å². The number of hydrogen-bond acceptors (Lipinski definition) is 4. The zero-order valence-electron chi connectivity index (χ0n) is 10.8. The van der Waals surface area contributed by atoms with E-state index in [0.29, 0.717) is 5.02 Å². The minimum atomic E-state index is -4.73. The van der Waals surface area contributed by atoms with Crippen LogP contribution in [0, 0.1) is 0 Å². The summed E-state index contributed by atoms with van der Waals surface area (Å²) in [5, 5.41) is 2.67. The molecule has 2 aromatic rings. The number of carbonyl (C=O) groups is 1. The van der Waals surface area contributed by atoms with Crippen LogP contribution in [-0.2, 0) is 9.84 Å². The van der Waals surface area contributed by atoms with Gasteiger partial charge in [0.1, 0.15) is 5.69 Å². The second kappa shape index (κ2) is 6.37. The Morgan fingerprint density at radius 2 is 1.95 bits per heavy atom. The zero-order chi connectivity index (χ0) is 16.3. The molecule has 0 radical (unpaired) electrons. The van der Waals surface area contributed by atoms with Gasteiger partial charge in [0.05, 0.1) is 4.90 Å². The number of sulfone groups is 1. The van der Waals surface area contributed by atoms with E-state index in [1.165, 1.54) is 30.5 Å². The number of rotatable bonds is 4. The molecule has 0 aliphatic rings. The molecule has 0 unspecified atom stereocenters. The van der Waals surface area contributed by atoms with Gasteiger partial charge in [-0.1, -0.05) is 17.7 Å². The van der Waals surface area contributed by atoms with Crippen molar-refractivity contribution >= 4 is 33.0 Å². The highest BCUT2D eigenvalue weighted by Gasteiger charge is 2.26. The predicted molar refractivity (Wildman–Crippen MR) is 76.8 cm³/mol. The molecule has 9 heteroatoms. The number of hydrogen-bond donors (Lipinski definition) is 1. The molecule has 1 aromatic carbocycles. The lowest BCUT2D eigenvalue weighted by molar-refractivity contribution is 0.102. The molecule has 1 amide bonds.